The van der Waals surface area contributed by atoms with Gasteiger partial charge in [-0.3, -0.25) is 4.98 Å². The average molecular weight is 442 g/mol. The van der Waals surface area contributed by atoms with Crippen LogP contribution >= 0.6 is 11.8 Å². The van der Waals surface area contributed by atoms with Crippen LogP contribution in [0, 0.1) is 13.8 Å². The summed E-state index contributed by atoms with van der Waals surface area (Å²) in [4.78, 5) is 7.10. The minimum atomic E-state index is 1.19. The zero-order valence-corrected chi connectivity index (χ0v) is 19.5. The highest BCUT2D eigenvalue weighted by Gasteiger charge is 2.17. The zero-order valence-electron chi connectivity index (χ0n) is 18.7. The van der Waals surface area contributed by atoms with E-state index in [0.29, 0.717) is 0 Å². The van der Waals surface area contributed by atoms with Crippen LogP contribution in [0.25, 0.3) is 43.4 Å². The van der Waals surface area contributed by atoms with E-state index in [0.717, 1.165) is 0 Å². The van der Waals surface area contributed by atoms with Crippen molar-refractivity contribution in [3.05, 3.63) is 115 Å². The van der Waals surface area contributed by atoms with Crippen molar-refractivity contribution in [1.29, 1.82) is 0 Å². The first-order valence-electron chi connectivity index (χ1n) is 11.2. The van der Waals surface area contributed by atoms with Crippen LogP contribution in [0.3, 0.4) is 0 Å². The van der Waals surface area contributed by atoms with Gasteiger partial charge in [-0.15, -0.1) is 0 Å². The molecule has 0 amide bonds. The molecule has 5 aromatic carbocycles. The van der Waals surface area contributed by atoms with Crippen molar-refractivity contribution in [2.75, 3.05) is 0 Å². The first kappa shape index (κ1) is 20.0. The van der Waals surface area contributed by atoms with Gasteiger partial charge in [-0.2, -0.15) is 0 Å². The molecule has 0 bridgehead atoms. The van der Waals surface area contributed by atoms with Crippen LogP contribution in [0.5, 0.6) is 0 Å². The molecule has 1 nitrogen and oxygen atoms in total. The maximum absolute atomic E-state index is 4.55. The minimum Gasteiger partial charge on any atom is -0.264 e. The van der Waals surface area contributed by atoms with Crippen molar-refractivity contribution in [1.82, 2.24) is 4.98 Å². The molecule has 0 radical (unpaired) electrons. The van der Waals surface area contributed by atoms with E-state index in [2.05, 4.69) is 110 Å². The molecule has 0 N–H and O–H groups in total. The van der Waals surface area contributed by atoms with Crippen LogP contribution in [0.4, 0.5) is 0 Å². The lowest BCUT2D eigenvalue weighted by Gasteiger charge is -2.18. The first-order valence-corrected chi connectivity index (χ1v) is 12.0. The quantitative estimate of drug-likeness (QED) is 0.254. The lowest BCUT2D eigenvalue weighted by atomic mass is 9.90. The SMILES string of the molecule is Cc1ccc(Sc2c3ccccc3c(-c3cccc4ccccc34)c3cnccc23)cc1C. The lowest BCUT2D eigenvalue weighted by molar-refractivity contribution is 1.28. The van der Waals surface area contributed by atoms with Crippen molar-refractivity contribution >= 4 is 44.1 Å². The van der Waals surface area contributed by atoms with E-state index in [9.17, 15) is 0 Å². The summed E-state index contributed by atoms with van der Waals surface area (Å²) in [6, 6.07) is 32.9. The van der Waals surface area contributed by atoms with Crippen molar-refractivity contribution in [3.8, 4) is 11.1 Å². The fourth-order valence-electron chi connectivity index (χ4n) is 4.72. The molecule has 0 spiro atoms. The van der Waals surface area contributed by atoms with Gasteiger partial charge in [0.25, 0.3) is 0 Å². The molecule has 0 aliphatic rings. The van der Waals surface area contributed by atoms with E-state index >= 15 is 0 Å². The molecule has 1 aromatic heterocycles. The van der Waals surface area contributed by atoms with Gasteiger partial charge in [0.05, 0.1) is 0 Å². The Labute approximate surface area is 198 Å². The fourth-order valence-corrected chi connectivity index (χ4v) is 5.90. The third kappa shape index (κ3) is 3.39. The first-order chi connectivity index (χ1) is 16.2. The molecule has 1 heterocycles. The van der Waals surface area contributed by atoms with Crippen LogP contribution in [0.1, 0.15) is 11.1 Å². The van der Waals surface area contributed by atoms with Crippen molar-refractivity contribution in [3.63, 3.8) is 0 Å². The van der Waals surface area contributed by atoms with E-state index in [1.54, 1.807) is 0 Å². The number of rotatable bonds is 3. The highest BCUT2D eigenvalue weighted by atomic mass is 32.2. The predicted molar refractivity (Wildman–Crippen MR) is 142 cm³/mol. The monoisotopic (exact) mass is 441 g/mol. The summed E-state index contributed by atoms with van der Waals surface area (Å²) >= 11 is 1.85. The number of nitrogens with zero attached hydrogens (tertiary/aromatic N) is 1. The predicted octanol–water partition coefficient (Wildman–Crippen LogP) is 8.98. The van der Waals surface area contributed by atoms with Crippen LogP contribution in [-0.4, -0.2) is 4.98 Å². The summed E-state index contributed by atoms with van der Waals surface area (Å²) in [5, 5.41) is 7.51. The molecule has 0 atom stereocenters. The second-order valence-electron chi connectivity index (χ2n) is 8.55. The maximum Gasteiger partial charge on any atom is 0.0353 e. The molecule has 0 aliphatic heterocycles. The van der Waals surface area contributed by atoms with Gasteiger partial charge in [-0.25, -0.2) is 0 Å². The van der Waals surface area contributed by atoms with Gasteiger partial charge in [0.2, 0.25) is 0 Å². The maximum atomic E-state index is 4.55. The van der Waals surface area contributed by atoms with E-state index in [-0.39, 0.29) is 0 Å². The van der Waals surface area contributed by atoms with E-state index in [1.807, 2.05) is 24.2 Å². The lowest BCUT2D eigenvalue weighted by Crippen LogP contribution is -1.91. The third-order valence-electron chi connectivity index (χ3n) is 6.53. The number of aromatic nitrogens is 1. The van der Waals surface area contributed by atoms with E-state index < -0.39 is 0 Å². The average Bonchev–Trinajstić information content (AvgIpc) is 2.86. The number of aryl methyl sites for hydroxylation is 2. The number of pyridine rings is 1. The Bertz CT molecular complexity index is 1600. The molecule has 6 aromatic rings. The van der Waals surface area contributed by atoms with Gasteiger partial charge < -0.3 is 0 Å². The summed E-state index contributed by atoms with van der Waals surface area (Å²) < 4.78 is 0. The Morgan fingerprint density at radius 2 is 1.33 bits per heavy atom. The summed E-state index contributed by atoms with van der Waals surface area (Å²) in [5.74, 6) is 0. The third-order valence-corrected chi connectivity index (χ3v) is 7.67. The van der Waals surface area contributed by atoms with Crippen molar-refractivity contribution in [2.24, 2.45) is 0 Å². The summed E-state index contributed by atoms with van der Waals surface area (Å²) in [5.41, 5.74) is 5.16. The summed E-state index contributed by atoms with van der Waals surface area (Å²) in [6.45, 7) is 4.35. The number of hydrogen-bond donors (Lipinski definition) is 0. The molecule has 2 heteroatoms. The molecule has 6 rings (SSSR count). The van der Waals surface area contributed by atoms with Crippen LogP contribution in [0.15, 0.2) is 113 Å². The van der Waals surface area contributed by atoms with Crippen LogP contribution in [-0.2, 0) is 0 Å². The molecule has 0 unspecified atom stereocenters. The molecule has 158 valence electrons. The van der Waals surface area contributed by atoms with Gasteiger partial charge in [-0.1, -0.05) is 84.6 Å². The molecular formula is C31H23NS. The summed E-state index contributed by atoms with van der Waals surface area (Å²) in [7, 11) is 0. The molecule has 0 saturated heterocycles. The standard InChI is InChI=1S/C31H23NS/c1-20-14-15-23(18-21(20)2)33-31-27-12-6-5-11-26(27)30(29-19-32-17-16-28(29)31)25-13-7-9-22-8-3-4-10-24(22)25/h3-19H,1-2H3. The second kappa shape index (κ2) is 8.06. The highest BCUT2D eigenvalue weighted by molar-refractivity contribution is 7.99. The normalized spacial score (nSPS) is 11.5. The van der Waals surface area contributed by atoms with Crippen LogP contribution < -0.4 is 0 Å². The Balaban J connectivity index is 1.70. The topological polar surface area (TPSA) is 12.9 Å². The van der Waals surface area contributed by atoms with Crippen LogP contribution in [0.2, 0.25) is 0 Å². The van der Waals surface area contributed by atoms with Crippen molar-refractivity contribution in [2.45, 2.75) is 23.6 Å². The Kier molecular flexibility index (Phi) is 4.89. The summed E-state index contributed by atoms with van der Waals surface area (Å²) in [6.07, 6.45) is 3.94. The zero-order chi connectivity index (χ0) is 22.4. The van der Waals surface area contributed by atoms with Gasteiger partial charge in [0.1, 0.15) is 0 Å². The second-order valence-corrected chi connectivity index (χ2v) is 9.63. The molecular weight excluding hydrogens is 418 g/mol. The fraction of sp³-hybridized carbons (Fsp3) is 0.0645. The number of hydrogen-bond acceptors (Lipinski definition) is 2. The number of fused-ring (bicyclic) bond motifs is 3. The van der Waals surface area contributed by atoms with Gasteiger partial charge in [0.15, 0.2) is 0 Å². The largest absolute Gasteiger partial charge is 0.264 e. The Morgan fingerprint density at radius 3 is 2.18 bits per heavy atom. The van der Waals surface area contributed by atoms with Gasteiger partial charge in [-0.05, 0) is 81.2 Å². The van der Waals surface area contributed by atoms with Crippen molar-refractivity contribution < 1.29 is 0 Å². The van der Waals surface area contributed by atoms with E-state index in [4.69, 9.17) is 0 Å². The molecule has 0 fully saturated rings. The Hall–Kier alpha value is -3.62. The molecule has 0 saturated carbocycles. The highest BCUT2D eigenvalue weighted by Crippen LogP contribution is 2.46. The minimum absolute atomic E-state index is 1.19. The molecule has 33 heavy (non-hydrogen) atoms. The van der Waals surface area contributed by atoms with Gasteiger partial charge >= 0.3 is 0 Å². The Morgan fingerprint density at radius 1 is 0.606 bits per heavy atom. The number of benzene rings is 5. The van der Waals surface area contributed by atoms with Gasteiger partial charge in [0, 0.05) is 27.6 Å². The van der Waals surface area contributed by atoms with E-state index in [1.165, 1.54) is 64.4 Å². The smallest absolute Gasteiger partial charge is 0.0353 e. The molecule has 0 aliphatic carbocycles.